The number of aromatic nitrogens is 1. The van der Waals surface area contributed by atoms with Gasteiger partial charge >= 0.3 is 5.63 Å². The normalized spacial score (nSPS) is 10.8. The number of nitriles is 1. The maximum absolute atomic E-state index is 12.0. The first kappa shape index (κ1) is 12.4. The Morgan fingerprint density at radius 1 is 1.30 bits per heavy atom. The summed E-state index contributed by atoms with van der Waals surface area (Å²) in [6, 6.07) is 6.75. The van der Waals surface area contributed by atoms with Crippen molar-refractivity contribution < 1.29 is 4.42 Å². The second-order valence-corrected chi connectivity index (χ2v) is 5.05. The highest BCUT2D eigenvalue weighted by Gasteiger charge is 2.17. The Morgan fingerprint density at radius 2 is 2.05 bits per heavy atom. The minimum absolute atomic E-state index is 0.00625. The summed E-state index contributed by atoms with van der Waals surface area (Å²) in [6.45, 7) is 0. The SMILES string of the molecule is N#Cc1c(=O)[nH]c(N)c2c(=O)oc3ccc(Br)cc3c12. The number of nitrogen functional groups attached to an aromatic ring is 1. The number of fused-ring (bicyclic) bond motifs is 3. The van der Waals surface area contributed by atoms with Gasteiger partial charge in [-0.3, -0.25) is 4.79 Å². The van der Waals surface area contributed by atoms with E-state index >= 15 is 0 Å². The summed E-state index contributed by atoms with van der Waals surface area (Å²) < 4.78 is 5.89. The third-order valence-electron chi connectivity index (χ3n) is 2.97. The van der Waals surface area contributed by atoms with Crippen molar-refractivity contribution in [3.8, 4) is 6.07 Å². The molecule has 2 heterocycles. The van der Waals surface area contributed by atoms with Gasteiger partial charge in [0, 0.05) is 15.2 Å². The molecule has 0 fully saturated rings. The fourth-order valence-corrected chi connectivity index (χ4v) is 2.51. The number of nitrogens with one attached hydrogen (secondary N) is 1. The monoisotopic (exact) mass is 331 g/mol. The Labute approximate surface area is 119 Å². The summed E-state index contributed by atoms with van der Waals surface area (Å²) in [6.07, 6.45) is 0. The van der Waals surface area contributed by atoms with E-state index in [1.807, 2.05) is 6.07 Å². The molecule has 0 radical (unpaired) electrons. The largest absolute Gasteiger partial charge is 0.422 e. The van der Waals surface area contributed by atoms with E-state index in [9.17, 15) is 14.9 Å². The van der Waals surface area contributed by atoms with Gasteiger partial charge in [-0.15, -0.1) is 0 Å². The van der Waals surface area contributed by atoms with Crippen LogP contribution in [-0.4, -0.2) is 4.98 Å². The molecule has 0 saturated heterocycles. The number of pyridine rings is 1. The molecule has 2 aromatic heterocycles. The molecule has 7 heteroatoms. The summed E-state index contributed by atoms with van der Waals surface area (Å²) in [4.78, 5) is 26.1. The van der Waals surface area contributed by atoms with Crippen LogP contribution in [0.25, 0.3) is 21.7 Å². The molecule has 6 nitrogen and oxygen atoms in total. The van der Waals surface area contributed by atoms with Gasteiger partial charge in [-0.25, -0.2) is 4.79 Å². The minimum Gasteiger partial charge on any atom is -0.422 e. The van der Waals surface area contributed by atoms with Crippen molar-refractivity contribution >= 4 is 43.5 Å². The highest BCUT2D eigenvalue weighted by molar-refractivity contribution is 9.10. The van der Waals surface area contributed by atoms with Crippen molar-refractivity contribution in [1.29, 1.82) is 5.26 Å². The first-order valence-corrected chi connectivity index (χ1v) is 6.30. The summed E-state index contributed by atoms with van der Waals surface area (Å²) in [7, 11) is 0. The Morgan fingerprint density at radius 3 is 2.75 bits per heavy atom. The number of nitrogens with zero attached hydrogens (tertiary/aromatic N) is 1. The van der Waals surface area contributed by atoms with E-state index in [4.69, 9.17) is 10.2 Å². The molecule has 0 saturated carbocycles. The lowest BCUT2D eigenvalue weighted by atomic mass is 10.0. The molecular formula is C13H6BrN3O3. The standard InChI is InChI=1S/C13H6BrN3O3/c14-5-1-2-8-6(3-5)9-7(4-15)12(18)17-11(16)10(9)13(19)20-8/h1-3H,(H3,16,17,18). The van der Waals surface area contributed by atoms with Crippen LogP contribution in [0.4, 0.5) is 5.82 Å². The number of aromatic amines is 1. The van der Waals surface area contributed by atoms with Crippen LogP contribution in [-0.2, 0) is 0 Å². The van der Waals surface area contributed by atoms with Gasteiger partial charge in [-0.2, -0.15) is 5.26 Å². The van der Waals surface area contributed by atoms with Crippen LogP contribution in [0.5, 0.6) is 0 Å². The fraction of sp³-hybridized carbons (Fsp3) is 0. The van der Waals surface area contributed by atoms with Gasteiger partial charge in [0.1, 0.15) is 28.4 Å². The average molecular weight is 332 g/mol. The molecule has 1 aromatic carbocycles. The summed E-state index contributed by atoms with van der Waals surface area (Å²) >= 11 is 3.30. The summed E-state index contributed by atoms with van der Waals surface area (Å²) in [5.74, 6) is -0.111. The lowest BCUT2D eigenvalue weighted by molar-refractivity contribution is 0.569. The molecule has 0 bridgehead atoms. The third kappa shape index (κ3) is 1.62. The van der Waals surface area contributed by atoms with Crippen LogP contribution in [0.3, 0.4) is 0 Å². The van der Waals surface area contributed by atoms with E-state index < -0.39 is 11.2 Å². The highest BCUT2D eigenvalue weighted by Crippen LogP contribution is 2.28. The molecule has 0 unspecified atom stereocenters. The number of rotatable bonds is 0. The molecule has 20 heavy (non-hydrogen) atoms. The van der Waals surface area contributed by atoms with Crippen molar-refractivity contribution in [1.82, 2.24) is 4.98 Å². The summed E-state index contributed by atoms with van der Waals surface area (Å²) in [5.41, 5.74) is 4.47. The number of anilines is 1. The van der Waals surface area contributed by atoms with Gasteiger partial charge in [0.2, 0.25) is 0 Å². The Hall–Kier alpha value is -2.59. The molecule has 3 aromatic rings. The summed E-state index contributed by atoms with van der Waals surface area (Å²) in [5, 5.41) is 9.86. The molecule has 0 aliphatic heterocycles. The molecule has 3 rings (SSSR count). The number of H-pyrrole nitrogens is 1. The zero-order chi connectivity index (χ0) is 14.4. The van der Waals surface area contributed by atoms with Crippen LogP contribution in [0.2, 0.25) is 0 Å². The van der Waals surface area contributed by atoms with E-state index in [1.54, 1.807) is 18.2 Å². The molecular weight excluding hydrogens is 326 g/mol. The van der Waals surface area contributed by atoms with Crippen LogP contribution in [0.15, 0.2) is 36.7 Å². The van der Waals surface area contributed by atoms with Crippen LogP contribution in [0.1, 0.15) is 5.56 Å². The Balaban J connectivity index is 2.81. The van der Waals surface area contributed by atoms with Gasteiger partial charge in [0.25, 0.3) is 5.56 Å². The number of hydrogen-bond acceptors (Lipinski definition) is 5. The zero-order valence-corrected chi connectivity index (χ0v) is 11.4. The number of hydrogen-bond donors (Lipinski definition) is 2. The molecule has 0 aliphatic rings. The number of benzene rings is 1. The van der Waals surface area contributed by atoms with E-state index in [0.717, 1.165) is 4.47 Å². The zero-order valence-electron chi connectivity index (χ0n) is 9.86. The number of nitrogens with two attached hydrogens (primary N) is 1. The maximum Gasteiger partial charge on any atom is 0.347 e. The second-order valence-electron chi connectivity index (χ2n) is 4.13. The van der Waals surface area contributed by atoms with E-state index in [2.05, 4.69) is 20.9 Å². The van der Waals surface area contributed by atoms with Crippen molar-refractivity contribution in [3.63, 3.8) is 0 Å². The van der Waals surface area contributed by atoms with Crippen molar-refractivity contribution in [2.75, 3.05) is 5.73 Å². The van der Waals surface area contributed by atoms with Crippen LogP contribution in [0, 0.1) is 11.3 Å². The van der Waals surface area contributed by atoms with Gasteiger partial charge < -0.3 is 15.1 Å². The fourth-order valence-electron chi connectivity index (χ4n) is 2.15. The lowest BCUT2D eigenvalue weighted by Gasteiger charge is -2.06. The predicted octanol–water partition coefficient (Wildman–Crippen LogP) is 1.85. The predicted molar refractivity (Wildman–Crippen MR) is 77.4 cm³/mol. The molecule has 98 valence electrons. The Bertz CT molecular complexity index is 1030. The first-order valence-electron chi connectivity index (χ1n) is 5.51. The average Bonchev–Trinajstić information content (AvgIpc) is 2.39. The van der Waals surface area contributed by atoms with Gasteiger partial charge in [-0.1, -0.05) is 15.9 Å². The quantitative estimate of drug-likeness (QED) is 0.482. The van der Waals surface area contributed by atoms with Crippen molar-refractivity contribution in [2.24, 2.45) is 0 Å². The topological polar surface area (TPSA) is 113 Å². The second kappa shape index (κ2) is 4.21. The van der Waals surface area contributed by atoms with Gasteiger partial charge in [0.15, 0.2) is 0 Å². The van der Waals surface area contributed by atoms with E-state index in [0.29, 0.717) is 5.39 Å². The third-order valence-corrected chi connectivity index (χ3v) is 3.47. The minimum atomic E-state index is -0.694. The van der Waals surface area contributed by atoms with Crippen LogP contribution >= 0.6 is 15.9 Å². The molecule has 0 spiro atoms. The van der Waals surface area contributed by atoms with Gasteiger partial charge in [-0.05, 0) is 18.2 Å². The molecule has 0 atom stereocenters. The van der Waals surface area contributed by atoms with E-state index in [1.165, 1.54) is 0 Å². The lowest BCUT2D eigenvalue weighted by Crippen LogP contribution is -2.17. The van der Waals surface area contributed by atoms with Crippen molar-refractivity contribution in [3.05, 3.63) is 49.0 Å². The Kier molecular flexibility index (Phi) is 2.62. The number of halogens is 1. The molecule has 0 amide bonds. The van der Waals surface area contributed by atoms with Crippen LogP contribution < -0.4 is 16.9 Å². The maximum atomic E-state index is 12.0. The highest BCUT2D eigenvalue weighted by atomic mass is 79.9. The van der Waals surface area contributed by atoms with E-state index in [-0.39, 0.29) is 27.7 Å². The van der Waals surface area contributed by atoms with Gasteiger partial charge in [0.05, 0.1) is 0 Å². The smallest absolute Gasteiger partial charge is 0.347 e. The first-order chi connectivity index (χ1) is 9.52. The van der Waals surface area contributed by atoms with Crippen molar-refractivity contribution in [2.45, 2.75) is 0 Å². The molecule has 3 N–H and O–H groups in total. The molecule has 0 aliphatic carbocycles.